The van der Waals surface area contributed by atoms with Gasteiger partial charge in [-0.05, 0) is 46.1 Å². The number of carbonyl (C=O) groups is 1. The van der Waals surface area contributed by atoms with E-state index in [0.717, 1.165) is 12.8 Å². The lowest BCUT2D eigenvalue weighted by atomic mass is 10.0. The Morgan fingerprint density at radius 3 is 2.65 bits per heavy atom. The predicted molar refractivity (Wildman–Crippen MR) is 97.6 cm³/mol. The van der Waals surface area contributed by atoms with Crippen LogP contribution in [0.25, 0.3) is 0 Å². The van der Waals surface area contributed by atoms with Crippen molar-refractivity contribution in [3.63, 3.8) is 0 Å². The molecule has 1 saturated heterocycles. The Morgan fingerprint density at radius 2 is 2.00 bits per heavy atom. The number of ether oxygens (including phenoxy) is 1. The van der Waals surface area contributed by atoms with Gasteiger partial charge in [-0.3, -0.25) is 0 Å². The van der Waals surface area contributed by atoms with Gasteiger partial charge in [-0.2, -0.15) is 0 Å². The summed E-state index contributed by atoms with van der Waals surface area (Å²) in [6.45, 7) is 6.01. The zero-order chi connectivity index (χ0) is 19.4. The lowest BCUT2D eigenvalue weighted by Crippen LogP contribution is -2.50. The number of carbonyl (C=O) groups excluding carboxylic acids is 1. The molecule has 1 aromatic carbocycles. The third kappa shape index (κ3) is 6.25. The lowest BCUT2D eigenvalue weighted by molar-refractivity contribution is 0.0105. The Balaban J connectivity index is 1.99. The third-order valence-corrected chi connectivity index (χ3v) is 5.39. The van der Waals surface area contributed by atoms with E-state index >= 15 is 0 Å². The maximum Gasteiger partial charge on any atom is 0.410 e. The molecule has 0 aliphatic carbocycles. The van der Waals surface area contributed by atoms with E-state index in [9.17, 15) is 17.6 Å². The highest BCUT2D eigenvalue weighted by Gasteiger charge is 2.31. The summed E-state index contributed by atoms with van der Waals surface area (Å²) in [6.07, 6.45) is 2.04. The molecule has 0 radical (unpaired) electrons. The largest absolute Gasteiger partial charge is 0.444 e. The average Bonchev–Trinajstić information content (AvgIpc) is 2.54. The van der Waals surface area contributed by atoms with Gasteiger partial charge in [-0.1, -0.05) is 18.2 Å². The summed E-state index contributed by atoms with van der Waals surface area (Å²) in [5.41, 5.74) is -0.490. The minimum atomic E-state index is -3.71. The van der Waals surface area contributed by atoms with Gasteiger partial charge in [0.1, 0.15) is 11.4 Å². The van der Waals surface area contributed by atoms with Crippen molar-refractivity contribution in [2.24, 2.45) is 0 Å². The number of likely N-dealkylation sites (tertiary alicyclic amines) is 1. The van der Waals surface area contributed by atoms with Gasteiger partial charge in [0.25, 0.3) is 0 Å². The predicted octanol–water partition coefficient (Wildman–Crippen LogP) is 3.03. The summed E-state index contributed by atoms with van der Waals surface area (Å²) in [4.78, 5) is 13.9. The van der Waals surface area contributed by atoms with Crippen LogP contribution in [0, 0.1) is 5.82 Å². The van der Waals surface area contributed by atoms with Crippen LogP contribution in [0.5, 0.6) is 0 Å². The number of amides is 1. The van der Waals surface area contributed by atoms with E-state index in [1.54, 1.807) is 31.7 Å². The van der Waals surface area contributed by atoms with Crippen LogP contribution in [0.4, 0.5) is 9.18 Å². The molecular formula is C18H27FN2O4S. The van der Waals surface area contributed by atoms with Gasteiger partial charge >= 0.3 is 6.09 Å². The molecule has 6 nitrogen and oxygen atoms in total. The average molecular weight is 386 g/mol. The van der Waals surface area contributed by atoms with Gasteiger partial charge < -0.3 is 9.64 Å². The van der Waals surface area contributed by atoms with Crippen molar-refractivity contribution in [3.8, 4) is 0 Å². The second-order valence-corrected chi connectivity index (χ2v) is 9.33. The Hall–Kier alpha value is -1.67. The molecule has 1 aliphatic rings. The molecule has 2 rings (SSSR count). The Morgan fingerprint density at radius 1 is 1.31 bits per heavy atom. The fraction of sp³-hybridized carbons (Fsp3) is 0.611. The van der Waals surface area contributed by atoms with E-state index in [1.807, 2.05) is 0 Å². The topological polar surface area (TPSA) is 75.7 Å². The number of halogens is 1. The SMILES string of the molecule is CC(C)(C)OC(=O)N1CCCCC1CNS(=O)(=O)Cc1ccccc1F. The maximum atomic E-state index is 13.7. The van der Waals surface area contributed by atoms with Gasteiger partial charge in [0.15, 0.2) is 0 Å². The number of hydrogen-bond acceptors (Lipinski definition) is 4. The van der Waals surface area contributed by atoms with E-state index in [0.29, 0.717) is 13.0 Å². The molecule has 26 heavy (non-hydrogen) atoms. The van der Waals surface area contributed by atoms with Crippen LogP contribution in [-0.4, -0.2) is 44.1 Å². The second-order valence-electron chi connectivity index (χ2n) is 7.52. The molecule has 1 unspecified atom stereocenters. The molecule has 0 saturated carbocycles. The first-order chi connectivity index (χ1) is 12.1. The molecule has 1 aliphatic heterocycles. The highest BCUT2D eigenvalue weighted by atomic mass is 32.2. The maximum absolute atomic E-state index is 13.7. The highest BCUT2D eigenvalue weighted by molar-refractivity contribution is 7.88. The molecule has 0 aromatic heterocycles. The van der Waals surface area contributed by atoms with E-state index in [1.165, 1.54) is 18.2 Å². The first-order valence-corrected chi connectivity index (χ1v) is 10.4. The number of benzene rings is 1. The Labute approximate surface area is 154 Å². The van der Waals surface area contributed by atoms with Crippen molar-refractivity contribution < 1.29 is 22.3 Å². The van der Waals surface area contributed by atoms with Gasteiger partial charge in [0, 0.05) is 24.7 Å². The summed E-state index contributed by atoms with van der Waals surface area (Å²) >= 11 is 0. The van der Waals surface area contributed by atoms with Crippen molar-refractivity contribution in [1.82, 2.24) is 9.62 Å². The lowest BCUT2D eigenvalue weighted by Gasteiger charge is -2.36. The summed E-state index contributed by atoms with van der Waals surface area (Å²) in [5.74, 6) is -0.982. The highest BCUT2D eigenvalue weighted by Crippen LogP contribution is 2.20. The van der Waals surface area contributed by atoms with Crippen LogP contribution in [-0.2, 0) is 20.5 Å². The van der Waals surface area contributed by atoms with Crippen molar-refractivity contribution in [2.45, 2.75) is 57.4 Å². The Bertz CT molecular complexity index is 731. The normalized spacial score (nSPS) is 18.6. The summed E-state index contributed by atoms with van der Waals surface area (Å²) in [5, 5.41) is 0. The van der Waals surface area contributed by atoms with E-state index < -0.39 is 33.3 Å². The number of nitrogens with zero attached hydrogens (tertiary/aromatic N) is 1. The minimum Gasteiger partial charge on any atom is -0.444 e. The summed E-state index contributed by atoms with van der Waals surface area (Å²) in [6, 6.07) is 5.52. The monoisotopic (exact) mass is 386 g/mol. The van der Waals surface area contributed by atoms with Gasteiger partial charge in [-0.15, -0.1) is 0 Å². The van der Waals surface area contributed by atoms with E-state index in [-0.39, 0.29) is 18.2 Å². The molecule has 1 fully saturated rings. The third-order valence-electron chi connectivity index (χ3n) is 4.10. The molecule has 0 bridgehead atoms. The van der Waals surface area contributed by atoms with Crippen molar-refractivity contribution in [1.29, 1.82) is 0 Å². The van der Waals surface area contributed by atoms with Gasteiger partial charge in [0.05, 0.1) is 5.75 Å². The minimum absolute atomic E-state index is 0.0933. The first kappa shape index (κ1) is 20.6. The molecule has 1 atom stereocenters. The van der Waals surface area contributed by atoms with Crippen molar-refractivity contribution in [3.05, 3.63) is 35.6 Å². The fourth-order valence-corrected chi connectivity index (χ4v) is 4.06. The molecule has 146 valence electrons. The molecule has 8 heteroatoms. The second kappa shape index (κ2) is 8.35. The van der Waals surface area contributed by atoms with Gasteiger partial charge in [0.2, 0.25) is 10.0 Å². The smallest absolute Gasteiger partial charge is 0.410 e. The van der Waals surface area contributed by atoms with Crippen molar-refractivity contribution in [2.75, 3.05) is 13.1 Å². The molecule has 1 aromatic rings. The zero-order valence-corrected chi connectivity index (χ0v) is 16.3. The van der Waals surface area contributed by atoms with E-state index in [2.05, 4.69) is 4.72 Å². The van der Waals surface area contributed by atoms with Gasteiger partial charge in [-0.25, -0.2) is 22.3 Å². The number of rotatable bonds is 5. The van der Waals surface area contributed by atoms with Crippen LogP contribution in [0.2, 0.25) is 0 Å². The molecule has 1 heterocycles. The molecule has 1 N–H and O–H groups in total. The number of nitrogens with one attached hydrogen (secondary N) is 1. The van der Waals surface area contributed by atoms with E-state index in [4.69, 9.17) is 4.74 Å². The van der Waals surface area contributed by atoms with Crippen LogP contribution in [0.1, 0.15) is 45.6 Å². The van der Waals surface area contributed by atoms with Crippen molar-refractivity contribution >= 4 is 16.1 Å². The van der Waals surface area contributed by atoms with Crippen LogP contribution in [0.15, 0.2) is 24.3 Å². The summed E-state index contributed by atoms with van der Waals surface area (Å²) in [7, 11) is -3.71. The van der Waals surface area contributed by atoms with Crippen LogP contribution in [0.3, 0.4) is 0 Å². The molecular weight excluding hydrogens is 359 g/mol. The zero-order valence-electron chi connectivity index (χ0n) is 15.5. The van der Waals surface area contributed by atoms with Crippen LogP contribution < -0.4 is 4.72 Å². The van der Waals surface area contributed by atoms with Crippen LogP contribution >= 0.6 is 0 Å². The quantitative estimate of drug-likeness (QED) is 0.844. The number of hydrogen-bond donors (Lipinski definition) is 1. The fourth-order valence-electron chi connectivity index (χ4n) is 2.87. The molecule has 1 amide bonds. The Kier molecular flexibility index (Phi) is 6.63. The first-order valence-electron chi connectivity index (χ1n) is 8.78. The number of piperidine rings is 1. The molecule has 0 spiro atoms. The standard InChI is InChI=1S/C18H27FN2O4S/c1-18(2,3)25-17(22)21-11-7-6-9-15(21)12-20-26(23,24)13-14-8-4-5-10-16(14)19/h4-5,8,10,15,20H,6-7,9,11-13H2,1-3H3. The summed E-state index contributed by atoms with van der Waals surface area (Å²) < 4.78 is 46.2. The number of sulfonamides is 1.